The summed E-state index contributed by atoms with van der Waals surface area (Å²) in [5.41, 5.74) is 0.829. The van der Waals surface area contributed by atoms with E-state index in [0.717, 1.165) is 5.56 Å². The second-order valence-electron chi connectivity index (χ2n) is 6.21. The molecule has 1 aliphatic rings. The van der Waals surface area contributed by atoms with E-state index < -0.39 is 16.1 Å². The molecule has 24 heavy (non-hydrogen) atoms. The smallest absolute Gasteiger partial charge is 0.244 e. The van der Waals surface area contributed by atoms with Crippen molar-refractivity contribution in [1.82, 2.24) is 24.7 Å². The molecule has 0 spiro atoms. The van der Waals surface area contributed by atoms with Crippen LogP contribution < -0.4 is 10.0 Å². The summed E-state index contributed by atoms with van der Waals surface area (Å²) >= 11 is 0. The largest absolute Gasteiger partial charge is 0.341 e. The van der Waals surface area contributed by atoms with Gasteiger partial charge in [0.2, 0.25) is 15.9 Å². The van der Waals surface area contributed by atoms with Gasteiger partial charge in [0.05, 0.1) is 11.9 Å². The number of rotatable bonds is 7. The van der Waals surface area contributed by atoms with Crippen molar-refractivity contribution in [1.29, 1.82) is 0 Å². The minimum absolute atomic E-state index is 0.000338. The Morgan fingerprint density at radius 2 is 2.08 bits per heavy atom. The quantitative estimate of drug-likeness (QED) is 0.716. The summed E-state index contributed by atoms with van der Waals surface area (Å²) in [5.74, 6) is 0.148. The van der Waals surface area contributed by atoms with Crippen molar-refractivity contribution in [2.75, 3.05) is 25.9 Å². The molecule has 1 fully saturated rings. The Balaban J connectivity index is 1.92. The zero-order chi connectivity index (χ0) is 17.7. The highest BCUT2D eigenvalue weighted by Gasteiger charge is 2.30. The minimum Gasteiger partial charge on any atom is -0.341 e. The van der Waals surface area contributed by atoms with Crippen molar-refractivity contribution < 1.29 is 13.2 Å². The Hall–Kier alpha value is -1.45. The van der Waals surface area contributed by atoms with E-state index in [4.69, 9.17) is 0 Å². The topological polar surface area (TPSA) is 96.3 Å². The molecular weight excluding hydrogens is 330 g/mol. The standard InChI is InChI=1S/C15H27N5O3S/c1-4-9-24(22,23)18-13-5-7-20(8-6-13)15(21)14(16-2)12-10-17-19(3)11-12/h10-11,13-14,16,18H,4-9H2,1-3H3. The third-order valence-electron chi connectivity index (χ3n) is 4.22. The van der Waals surface area contributed by atoms with Crippen LogP contribution in [0.3, 0.4) is 0 Å². The predicted octanol–water partition coefficient (Wildman–Crippen LogP) is 0.00100. The molecule has 1 amide bonds. The second-order valence-corrected chi connectivity index (χ2v) is 8.08. The van der Waals surface area contributed by atoms with Crippen molar-refractivity contribution in [2.45, 2.75) is 38.3 Å². The molecule has 9 heteroatoms. The van der Waals surface area contributed by atoms with Crippen molar-refractivity contribution in [3.63, 3.8) is 0 Å². The highest BCUT2D eigenvalue weighted by molar-refractivity contribution is 7.89. The molecule has 0 saturated carbocycles. The van der Waals surface area contributed by atoms with Crippen LogP contribution in [0.2, 0.25) is 0 Å². The molecule has 2 N–H and O–H groups in total. The van der Waals surface area contributed by atoms with Crippen LogP contribution in [0.1, 0.15) is 37.8 Å². The Kier molecular flexibility index (Phi) is 6.36. The summed E-state index contributed by atoms with van der Waals surface area (Å²) in [7, 11) is 0.358. The first-order valence-electron chi connectivity index (χ1n) is 8.31. The molecule has 0 aliphatic carbocycles. The molecule has 1 unspecified atom stereocenters. The number of likely N-dealkylation sites (N-methyl/N-ethyl adjacent to an activating group) is 1. The molecule has 1 saturated heterocycles. The molecule has 1 aliphatic heterocycles. The van der Waals surface area contributed by atoms with Gasteiger partial charge in [0, 0.05) is 37.9 Å². The first kappa shape index (κ1) is 18.9. The summed E-state index contributed by atoms with van der Waals surface area (Å²) in [6.07, 6.45) is 5.38. The predicted molar refractivity (Wildman–Crippen MR) is 91.8 cm³/mol. The highest BCUT2D eigenvalue weighted by atomic mass is 32.2. The van der Waals surface area contributed by atoms with E-state index in [9.17, 15) is 13.2 Å². The second kappa shape index (κ2) is 8.09. The molecule has 0 aromatic carbocycles. The molecule has 2 heterocycles. The number of aryl methyl sites for hydroxylation is 1. The van der Waals surface area contributed by atoms with Crippen LogP contribution in [0.4, 0.5) is 0 Å². The van der Waals surface area contributed by atoms with E-state index in [0.29, 0.717) is 32.4 Å². The maximum Gasteiger partial charge on any atom is 0.244 e. The highest BCUT2D eigenvalue weighted by Crippen LogP contribution is 2.19. The van der Waals surface area contributed by atoms with Gasteiger partial charge in [-0.05, 0) is 26.3 Å². The Labute approximate surface area is 143 Å². The van der Waals surface area contributed by atoms with Gasteiger partial charge in [-0.1, -0.05) is 6.92 Å². The number of nitrogens with one attached hydrogen (secondary N) is 2. The van der Waals surface area contributed by atoms with E-state index in [1.54, 1.807) is 22.8 Å². The van der Waals surface area contributed by atoms with Gasteiger partial charge in [0.15, 0.2) is 0 Å². The van der Waals surface area contributed by atoms with Crippen LogP contribution in [0.15, 0.2) is 12.4 Å². The van der Waals surface area contributed by atoms with E-state index in [-0.39, 0.29) is 17.7 Å². The molecule has 2 rings (SSSR count). The summed E-state index contributed by atoms with van der Waals surface area (Å²) in [6, 6.07) is -0.510. The number of carbonyl (C=O) groups is 1. The normalized spacial score (nSPS) is 17.9. The van der Waals surface area contributed by atoms with Gasteiger partial charge in [-0.3, -0.25) is 9.48 Å². The summed E-state index contributed by atoms with van der Waals surface area (Å²) in [4.78, 5) is 14.5. The summed E-state index contributed by atoms with van der Waals surface area (Å²) in [6.45, 7) is 2.95. The van der Waals surface area contributed by atoms with Gasteiger partial charge < -0.3 is 10.2 Å². The number of hydrogen-bond donors (Lipinski definition) is 2. The van der Waals surface area contributed by atoms with Gasteiger partial charge in [-0.25, -0.2) is 13.1 Å². The first-order chi connectivity index (χ1) is 11.4. The van der Waals surface area contributed by atoms with Gasteiger partial charge in [-0.15, -0.1) is 0 Å². The number of carbonyl (C=O) groups excluding carboxylic acids is 1. The van der Waals surface area contributed by atoms with Gasteiger partial charge in [0.1, 0.15) is 6.04 Å². The third kappa shape index (κ3) is 4.78. The number of amides is 1. The molecular formula is C15H27N5O3S. The van der Waals surface area contributed by atoms with Crippen LogP contribution in [0.5, 0.6) is 0 Å². The summed E-state index contributed by atoms with van der Waals surface area (Å²) < 4.78 is 28.1. The Bertz CT molecular complexity index is 650. The fourth-order valence-electron chi connectivity index (χ4n) is 3.00. The zero-order valence-corrected chi connectivity index (χ0v) is 15.3. The minimum atomic E-state index is -3.21. The summed E-state index contributed by atoms with van der Waals surface area (Å²) in [5, 5.41) is 7.15. The number of hydrogen-bond acceptors (Lipinski definition) is 5. The van der Waals surface area contributed by atoms with Crippen LogP contribution in [0, 0.1) is 0 Å². The average molecular weight is 357 g/mol. The maximum absolute atomic E-state index is 12.7. The van der Waals surface area contributed by atoms with Crippen molar-refractivity contribution >= 4 is 15.9 Å². The maximum atomic E-state index is 12.7. The zero-order valence-electron chi connectivity index (χ0n) is 14.5. The lowest BCUT2D eigenvalue weighted by Crippen LogP contribution is -2.49. The SMILES string of the molecule is CCCS(=O)(=O)NC1CCN(C(=O)C(NC)c2cnn(C)c2)CC1. The van der Waals surface area contributed by atoms with E-state index in [1.807, 2.05) is 20.2 Å². The lowest BCUT2D eigenvalue weighted by Gasteiger charge is -2.34. The number of likely N-dealkylation sites (tertiary alicyclic amines) is 1. The van der Waals surface area contributed by atoms with Crippen molar-refractivity contribution in [3.05, 3.63) is 18.0 Å². The molecule has 136 valence electrons. The van der Waals surface area contributed by atoms with Crippen LogP contribution in [-0.2, 0) is 21.9 Å². The number of piperidine rings is 1. The number of sulfonamides is 1. The Morgan fingerprint density at radius 1 is 1.42 bits per heavy atom. The lowest BCUT2D eigenvalue weighted by molar-refractivity contribution is -0.134. The fraction of sp³-hybridized carbons (Fsp3) is 0.733. The number of aromatic nitrogens is 2. The molecule has 1 aromatic heterocycles. The van der Waals surface area contributed by atoms with E-state index in [1.165, 1.54) is 0 Å². The Morgan fingerprint density at radius 3 is 2.58 bits per heavy atom. The monoisotopic (exact) mass is 357 g/mol. The van der Waals surface area contributed by atoms with Crippen LogP contribution in [0.25, 0.3) is 0 Å². The molecule has 1 aromatic rings. The third-order valence-corrected chi connectivity index (χ3v) is 5.86. The van der Waals surface area contributed by atoms with Gasteiger partial charge in [0.25, 0.3) is 0 Å². The molecule has 1 atom stereocenters. The van der Waals surface area contributed by atoms with Crippen LogP contribution >= 0.6 is 0 Å². The first-order valence-corrected chi connectivity index (χ1v) is 9.96. The van der Waals surface area contributed by atoms with E-state index >= 15 is 0 Å². The molecule has 8 nitrogen and oxygen atoms in total. The van der Waals surface area contributed by atoms with Crippen molar-refractivity contribution in [3.8, 4) is 0 Å². The lowest BCUT2D eigenvalue weighted by atomic mass is 10.0. The van der Waals surface area contributed by atoms with Crippen molar-refractivity contribution in [2.24, 2.45) is 7.05 Å². The number of nitrogens with zero attached hydrogens (tertiary/aromatic N) is 3. The molecule has 0 radical (unpaired) electrons. The van der Waals surface area contributed by atoms with Gasteiger partial charge in [-0.2, -0.15) is 5.10 Å². The fourth-order valence-corrected chi connectivity index (χ4v) is 4.40. The van der Waals surface area contributed by atoms with E-state index in [2.05, 4.69) is 15.1 Å². The van der Waals surface area contributed by atoms with Gasteiger partial charge >= 0.3 is 0 Å². The molecule has 0 bridgehead atoms. The average Bonchev–Trinajstić information content (AvgIpc) is 2.94. The van der Waals surface area contributed by atoms with Crippen LogP contribution in [-0.4, -0.2) is 60.9 Å².